The average molecular weight is 284 g/mol. The fraction of sp³-hybridized carbons (Fsp3) is 0.375. The third-order valence-corrected chi connectivity index (χ3v) is 3.48. The van der Waals surface area contributed by atoms with Crippen LogP contribution in [-0.4, -0.2) is 36.3 Å². The lowest BCUT2D eigenvalue weighted by atomic mass is 10.2. The van der Waals surface area contributed by atoms with E-state index >= 15 is 0 Å². The second kappa shape index (κ2) is 6.10. The van der Waals surface area contributed by atoms with Gasteiger partial charge in [-0.15, -0.1) is 0 Å². The maximum absolute atomic E-state index is 5.39. The molecule has 1 aliphatic heterocycles. The van der Waals surface area contributed by atoms with Crippen molar-refractivity contribution in [3.05, 3.63) is 41.7 Å². The molecule has 1 aliphatic rings. The van der Waals surface area contributed by atoms with Crippen molar-refractivity contribution >= 4 is 17.3 Å². The molecule has 1 aromatic carbocycles. The van der Waals surface area contributed by atoms with E-state index in [1.807, 2.05) is 13.0 Å². The van der Waals surface area contributed by atoms with Crippen molar-refractivity contribution in [2.45, 2.75) is 13.8 Å². The van der Waals surface area contributed by atoms with Crippen LogP contribution in [0.4, 0.5) is 17.3 Å². The molecule has 0 bridgehead atoms. The molecular weight excluding hydrogens is 264 g/mol. The molecule has 3 rings (SSSR count). The fourth-order valence-electron chi connectivity index (χ4n) is 2.36. The molecule has 0 spiro atoms. The Hall–Kier alpha value is -2.14. The minimum absolute atomic E-state index is 0.754. The summed E-state index contributed by atoms with van der Waals surface area (Å²) in [6.07, 6.45) is 0. The van der Waals surface area contributed by atoms with Gasteiger partial charge in [0.05, 0.1) is 13.2 Å². The largest absolute Gasteiger partial charge is 0.378 e. The van der Waals surface area contributed by atoms with Crippen molar-refractivity contribution in [3.8, 4) is 0 Å². The van der Waals surface area contributed by atoms with Gasteiger partial charge in [0.1, 0.15) is 17.5 Å². The van der Waals surface area contributed by atoms with Crippen molar-refractivity contribution < 1.29 is 4.74 Å². The molecule has 2 aromatic rings. The van der Waals surface area contributed by atoms with Crippen molar-refractivity contribution in [2.24, 2.45) is 0 Å². The maximum Gasteiger partial charge on any atom is 0.136 e. The zero-order valence-corrected chi connectivity index (χ0v) is 12.5. The van der Waals surface area contributed by atoms with E-state index in [0.29, 0.717) is 0 Å². The van der Waals surface area contributed by atoms with Crippen LogP contribution in [0.1, 0.15) is 11.4 Å². The molecule has 0 radical (unpaired) electrons. The Balaban J connectivity index is 1.81. The molecule has 21 heavy (non-hydrogen) atoms. The Bertz CT molecular complexity index is 606. The van der Waals surface area contributed by atoms with Crippen LogP contribution in [0, 0.1) is 13.8 Å². The van der Waals surface area contributed by atoms with Crippen molar-refractivity contribution in [2.75, 3.05) is 36.5 Å². The normalized spacial score (nSPS) is 15.0. The quantitative estimate of drug-likeness (QED) is 0.939. The highest BCUT2D eigenvalue weighted by Crippen LogP contribution is 2.20. The van der Waals surface area contributed by atoms with Gasteiger partial charge in [0.15, 0.2) is 0 Å². The number of nitrogens with one attached hydrogen (secondary N) is 1. The molecule has 5 nitrogen and oxygen atoms in total. The van der Waals surface area contributed by atoms with Crippen molar-refractivity contribution in [1.29, 1.82) is 0 Å². The first-order valence-electron chi connectivity index (χ1n) is 7.23. The lowest BCUT2D eigenvalue weighted by molar-refractivity contribution is 0.122. The van der Waals surface area contributed by atoms with Crippen LogP contribution in [0.5, 0.6) is 0 Å². The average Bonchev–Trinajstić information content (AvgIpc) is 2.50. The van der Waals surface area contributed by atoms with E-state index in [9.17, 15) is 0 Å². The predicted octanol–water partition coefficient (Wildman–Crippen LogP) is 2.67. The highest BCUT2D eigenvalue weighted by Gasteiger charge is 2.14. The lowest BCUT2D eigenvalue weighted by Crippen LogP contribution is -2.36. The van der Waals surface area contributed by atoms with Crippen LogP contribution in [0.2, 0.25) is 0 Å². The topological polar surface area (TPSA) is 50.3 Å². The van der Waals surface area contributed by atoms with E-state index in [1.165, 1.54) is 5.56 Å². The zero-order valence-electron chi connectivity index (χ0n) is 12.5. The van der Waals surface area contributed by atoms with Crippen LogP contribution < -0.4 is 10.2 Å². The Morgan fingerprint density at radius 1 is 1.05 bits per heavy atom. The van der Waals surface area contributed by atoms with Crippen LogP contribution in [-0.2, 0) is 4.74 Å². The molecule has 110 valence electrons. The Labute approximate surface area is 125 Å². The number of hydrogen-bond donors (Lipinski definition) is 1. The second-order valence-electron chi connectivity index (χ2n) is 5.25. The van der Waals surface area contributed by atoms with Gasteiger partial charge in [-0.2, -0.15) is 0 Å². The summed E-state index contributed by atoms with van der Waals surface area (Å²) >= 11 is 0. The van der Waals surface area contributed by atoms with E-state index in [0.717, 1.165) is 49.5 Å². The Morgan fingerprint density at radius 2 is 1.76 bits per heavy atom. The van der Waals surface area contributed by atoms with Gasteiger partial charge in [0.2, 0.25) is 0 Å². The summed E-state index contributed by atoms with van der Waals surface area (Å²) in [4.78, 5) is 11.2. The van der Waals surface area contributed by atoms with E-state index in [1.54, 1.807) is 0 Å². The second-order valence-corrected chi connectivity index (χ2v) is 5.25. The number of anilines is 3. The minimum atomic E-state index is 0.754. The zero-order chi connectivity index (χ0) is 14.7. The number of morpholine rings is 1. The van der Waals surface area contributed by atoms with Gasteiger partial charge in [-0.3, -0.25) is 0 Å². The van der Waals surface area contributed by atoms with E-state index in [2.05, 4.69) is 51.4 Å². The monoisotopic (exact) mass is 284 g/mol. The van der Waals surface area contributed by atoms with Gasteiger partial charge < -0.3 is 15.0 Å². The molecule has 2 heterocycles. The Kier molecular flexibility index (Phi) is 4.01. The summed E-state index contributed by atoms with van der Waals surface area (Å²) in [5.41, 5.74) is 2.28. The fourth-order valence-corrected chi connectivity index (χ4v) is 2.36. The highest BCUT2D eigenvalue weighted by atomic mass is 16.5. The van der Waals surface area contributed by atoms with E-state index in [4.69, 9.17) is 4.74 Å². The van der Waals surface area contributed by atoms with Crippen LogP contribution >= 0.6 is 0 Å². The number of aromatic nitrogens is 2. The van der Waals surface area contributed by atoms with E-state index in [-0.39, 0.29) is 0 Å². The third kappa shape index (κ3) is 3.49. The first-order chi connectivity index (χ1) is 10.2. The molecule has 0 atom stereocenters. The molecule has 1 aromatic heterocycles. The summed E-state index contributed by atoms with van der Waals surface area (Å²) in [6.45, 7) is 7.26. The predicted molar refractivity (Wildman–Crippen MR) is 84.3 cm³/mol. The molecule has 5 heteroatoms. The SMILES string of the molecule is Cc1ccc(Nc2cc(N3CCOCC3)nc(C)n2)cc1. The smallest absolute Gasteiger partial charge is 0.136 e. The first kappa shape index (κ1) is 13.8. The molecule has 1 N–H and O–H groups in total. The van der Waals surface area contributed by atoms with Crippen molar-refractivity contribution in [1.82, 2.24) is 9.97 Å². The van der Waals surface area contributed by atoms with Gasteiger partial charge in [0.25, 0.3) is 0 Å². The summed E-state index contributed by atoms with van der Waals surface area (Å²) in [6, 6.07) is 10.3. The highest BCUT2D eigenvalue weighted by molar-refractivity contribution is 5.60. The van der Waals surface area contributed by atoms with Gasteiger partial charge in [-0.05, 0) is 26.0 Å². The van der Waals surface area contributed by atoms with Gasteiger partial charge in [-0.1, -0.05) is 17.7 Å². The molecule has 1 saturated heterocycles. The summed E-state index contributed by atoms with van der Waals surface area (Å²) in [7, 11) is 0. The number of rotatable bonds is 3. The molecule has 0 amide bonds. The summed E-state index contributed by atoms with van der Waals surface area (Å²) in [5.74, 6) is 2.56. The maximum atomic E-state index is 5.39. The first-order valence-corrected chi connectivity index (χ1v) is 7.23. The minimum Gasteiger partial charge on any atom is -0.378 e. The molecule has 0 aliphatic carbocycles. The van der Waals surface area contributed by atoms with Crippen LogP contribution in [0.25, 0.3) is 0 Å². The van der Waals surface area contributed by atoms with Gasteiger partial charge in [0, 0.05) is 24.8 Å². The molecular formula is C16H20N4O. The number of hydrogen-bond acceptors (Lipinski definition) is 5. The molecule has 0 unspecified atom stereocenters. The van der Waals surface area contributed by atoms with E-state index < -0.39 is 0 Å². The molecule has 1 fully saturated rings. The Morgan fingerprint density at radius 3 is 2.48 bits per heavy atom. The van der Waals surface area contributed by atoms with Crippen molar-refractivity contribution in [3.63, 3.8) is 0 Å². The summed E-state index contributed by atoms with van der Waals surface area (Å²) < 4.78 is 5.39. The molecule has 0 saturated carbocycles. The number of ether oxygens (including phenoxy) is 1. The standard InChI is InChI=1S/C16H20N4O/c1-12-3-5-14(6-4-12)19-15-11-16(18-13(2)17-15)20-7-9-21-10-8-20/h3-6,11H,7-10H2,1-2H3,(H,17,18,19). The summed E-state index contributed by atoms with van der Waals surface area (Å²) in [5, 5.41) is 3.34. The number of benzene rings is 1. The van der Waals surface area contributed by atoms with Crippen LogP contribution in [0.3, 0.4) is 0 Å². The number of nitrogens with zero attached hydrogens (tertiary/aromatic N) is 3. The van der Waals surface area contributed by atoms with Gasteiger partial charge in [-0.25, -0.2) is 9.97 Å². The lowest BCUT2D eigenvalue weighted by Gasteiger charge is -2.28. The van der Waals surface area contributed by atoms with Gasteiger partial charge >= 0.3 is 0 Å². The third-order valence-electron chi connectivity index (χ3n) is 3.48. The van der Waals surface area contributed by atoms with Crippen LogP contribution in [0.15, 0.2) is 30.3 Å². The number of aryl methyl sites for hydroxylation is 2.